The third-order valence-corrected chi connectivity index (χ3v) is 5.28. The normalized spacial score (nSPS) is 15.9. The second-order valence-corrected chi connectivity index (χ2v) is 7.34. The first-order chi connectivity index (χ1) is 13.6. The van der Waals surface area contributed by atoms with Gasteiger partial charge in [0.1, 0.15) is 5.75 Å². The molecule has 0 spiro atoms. The number of rotatable bonds is 7. The van der Waals surface area contributed by atoms with Gasteiger partial charge in [0.2, 0.25) is 0 Å². The van der Waals surface area contributed by atoms with Gasteiger partial charge in [-0.05, 0) is 61.9 Å². The van der Waals surface area contributed by atoms with Crippen LogP contribution in [0, 0.1) is 0 Å². The van der Waals surface area contributed by atoms with Crippen molar-refractivity contribution in [1.82, 2.24) is 4.90 Å². The van der Waals surface area contributed by atoms with Gasteiger partial charge in [0.05, 0.1) is 0 Å². The number of amides is 1. The van der Waals surface area contributed by atoms with Crippen molar-refractivity contribution in [3.8, 4) is 5.75 Å². The van der Waals surface area contributed by atoms with Gasteiger partial charge in [0.15, 0.2) is 6.10 Å². The molecule has 5 heteroatoms. The summed E-state index contributed by atoms with van der Waals surface area (Å²) in [6.07, 6.45) is 1.09. The Morgan fingerprint density at radius 1 is 1.00 bits per heavy atom. The summed E-state index contributed by atoms with van der Waals surface area (Å²) in [5.41, 5.74) is 3.25. The molecule has 1 heterocycles. The van der Waals surface area contributed by atoms with Crippen LogP contribution in [0.25, 0.3) is 0 Å². The molecule has 150 valence electrons. The van der Waals surface area contributed by atoms with Gasteiger partial charge >= 0.3 is 0 Å². The lowest BCUT2D eigenvalue weighted by molar-refractivity contribution is -0.122. The van der Waals surface area contributed by atoms with Crippen LogP contribution in [-0.2, 0) is 11.2 Å². The second-order valence-electron chi connectivity index (χ2n) is 7.34. The van der Waals surface area contributed by atoms with Gasteiger partial charge in [-0.1, -0.05) is 26.0 Å². The summed E-state index contributed by atoms with van der Waals surface area (Å²) >= 11 is 0. The molecule has 1 fully saturated rings. The Kier molecular flexibility index (Phi) is 6.93. The Hall–Kier alpha value is -2.53. The molecule has 1 amide bonds. The molecule has 28 heavy (non-hydrogen) atoms. The number of aryl methyl sites for hydroxylation is 1. The van der Waals surface area contributed by atoms with E-state index < -0.39 is 6.10 Å². The number of hydrogen-bond donors (Lipinski definition) is 1. The summed E-state index contributed by atoms with van der Waals surface area (Å²) in [6, 6.07) is 16.0. The van der Waals surface area contributed by atoms with Crippen LogP contribution >= 0.6 is 0 Å². The average Bonchev–Trinajstić information content (AvgIpc) is 2.73. The summed E-state index contributed by atoms with van der Waals surface area (Å²) in [4.78, 5) is 17.4. The molecule has 1 aliphatic heterocycles. The number of nitrogens with one attached hydrogen (secondary N) is 1. The molecule has 0 radical (unpaired) electrons. The number of likely N-dealkylation sites (N-methyl/N-ethyl adjacent to an activating group) is 1. The number of nitrogens with zero attached hydrogens (tertiary/aromatic N) is 2. The van der Waals surface area contributed by atoms with E-state index in [4.69, 9.17) is 4.74 Å². The molecule has 0 saturated carbocycles. The Labute approximate surface area is 168 Å². The van der Waals surface area contributed by atoms with E-state index in [1.54, 1.807) is 0 Å². The van der Waals surface area contributed by atoms with Gasteiger partial charge < -0.3 is 19.9 Å². The van der Waals surface area contributed by atoms with E-state index >= 15 is 0 Å². The van der Waals surface area contributed by atoms with Gasteiger partial charge in [-0.2, -0.15) is 0 Å². The third kappa shape index (κ3) is 5.26. The number of piperazine rings is 1. The monoisotopic (exact) mass is 381 g/mol. The second kappa shape index (κ2) is 9.60. The Bertz CT molecular complexity index is 750. The molecule has 1 aliphatic rings. The lowest BCUT2D eigenvalue weighted by Gasteiger charge is -2.34. The van der Waals surface area contributed by atoms with E-state index in [1.807, 2.05) is 43.3 Å². The van der Waals surface area contributed by atoms with Crippen LogP contribution in [0.1, 0.15) is 25.8 Å². The standard InChI is InChI=1S/C23H31N3O2/c1-4-18-6-12-21(13-7-18)28-22(5-2)23(27)24-19-8-10-20(11-9-19)26-16-14-25(3)15-17-26/h6-13,22H,4-5,14-17H2,1-3H3,(H,24,27)/t22-/m0/s1. The number of carbonyl (C=O) groups excluding carboxylic acids is 1. The minimum absolute atomic E-state index is 0.116. The van der Waals surface area contributed by atoms with Crippen LogP contribution in [-0.4, -0.2) is 50.1 Å². The molecule has 3 rings (SSSR count). The first-order valence-corrected chi connectivity index (χ1v) is 10.2. The van der Waals surface area contributed by atoms with E-state index in [0.717, 1.165) is 44.0 Å². The Balaban J connectivity index is 1.57. The molecule has 2 aromatic carbocycles. The molecule has 1 N–H and O–H groups in total. The zero-order valence-corrected chi connectivity index (χ0v) is 17.1. The Morgan fingerprint density at radius 2 is 1.64 bits per heavy atom. The smallest absolute Gasteiger partial charge is 0.265 e. The summed E-state index contributed by atoms with van der Waals surface area (Å²) < 4.78 is 5.90. The van der Waals surface area contributed by atoms with E-state index in [-0.39, 0.29) is 5.91 Å². The fourth-order valence-electron chi connectivity index (χ4n) is 3.33. The summed E-state index contributed by atoms with van der Waals surface area (Å²) in [5, 5.41) is 2.98. The molecule has 0 aliphatic carbocycles. The SMILES string of the molecule is CCc1ccc(O[C@@H](CC)C(=O)Nc2ccc(N3CCN(C)CC3)cc2)cc1. The lowest BCUT2D eigenvalue weighted by Crippen LogP contribution is -2.44. The van der Waals surface area contributed by atoms with Gasteiger partial charge in [-0.25, -0.2) is 0 Å². The van der Waals surface area contributed by atoms with Crippen molar-refractivity contribution in [3.05, 3.63) is 54.1 Å². The van der Waals surface area contributed by atoms with Crippen molar-refractivity contribution < 1.29 is 9.53 Å². The number of benzene rings is 2. The molecule has 2 aromatic rings. The average molecular weight is 382 g/mol. The predicted octanol–water partition coefficient (Wildman–Crippen LogP) is 3.80. The van der Waals surface area contributed by atoms with Crippen LogP contribution in [0.4, 0.5) is 11.4 Å². The fourth-order valence-corrected chi connectivity index (χ4v) is 3.33. The van der Waals surface area contributed by atoms with Crippen molar-refractivity contribution in [2.75, 3.05) is 43.4 Å². The van der Waals surface area contributed by atoms with Crippen molar-refractivity contribution >= 4 is 17.3 Å². The third-order valence-electron chi connectivity index (χ3n) is 5.28. The minimum atomic E-state index is -0.509. The zero-order chi connectivity index (χ0) is 19.9. The maximum absolute atomic E-state index is 12.6. The largest absolute Gasteiger partial charge is 0.481 e. The highest BCUT2D eigenvalue weighted by Crippen LogP contribution is 2.20. The molecule has 1 atom stereocenters. The van der Waals surface area contributed by atoms with Gasteiger partial charge in [0, 0.05) is 37.6 Å². The van der Waals surface area contributed by atoms with E-state index in [1.165, 1.54) is 11.3 Å². The molecule has 1 saturated heterocycles. The highest BCUT2D eigenvalue weighted by molar-refractivity contribution is 5.94. The van der Waals surface area contributed by atoms with E-state index in [0.29, 0.717) is 6.42 Å². The maximum atomic E-state index is 12.6. The van der Waals surface area contributed by atoms with Crippen LogP contribution in [0.3, 0.4) is 0 Å². The summed E-state index contributed by atoms with van der Waals surface area (Å²) in [7, 11) is 2.15. The quantitative estimate of drug-likeness (QED) is 0.792. The molecular formula is C23H31N3O2. The highest BCUT2D eigenvalue weighted by Gasteiger charge is 2.19. The minimum Gasteiger partial charge on any atom is -0.481 e. The van der Waals surface area contributed by atoms with Crippen LogP contribution in [0.15, 0.2) is 48.5 Å². The zero-order valence-electron chi connectivity index (χ0n) is 17.1. The number of ether oxygens (including phenoxy) is 1. The number of anilines is 2. The fraction of sp³-hybridized carbons (Fsp3) is 0.435. The van der Waals surface area contributed by atoms with Crippen LogP contribution in [0.2, 0.25) is 0 Å². The van der Waals surface area contributed by atoms with Crippen molar-refractivity contribution in [3.63, 3.8) is 0 Å². The van der Waals surface area contributed by atoms with Crippen LogP contribution < -0.4 is 15.0 Å². The summed E-state index contributed by atoms with van der Waals surface area (Å²) in [5.74, 6) is 0.610. The Morgan fingerprint density at radius 3 is 2.21 bits per heavy atom. The molecular weight excluding hydrogens is 350 g/mol. The van der Waals surface area contributed by atoms with Gasteiger partial charge in [-0.3, -0.25) is 4.79 Å². The van der Waals surface area contributed by atoms with Crippen molar-refractivity contribution in [2.24, 2.45) is 0 Å². The number of hydrogen-bond acceptors (Lipinski definition) is 4. The topological polar surface area (TPSA) is 44.8 Å². The summed E-state index contributed by atoms with van der Waals surface area (Å²) in [6.45, 7) is 8.30. The molecule has 0 bridgehead atoms. The highest BCUT2D eigenvalue weighted by atomic mass is 16.5. The van der Waals surface area contributed by atoms with Crippen molar-refractivity contribution in [2.45, 2.75) is 32.8 Å². The van der Waals surface area contributed by atoms with Gasteiger partial charge in [-0.15, -0.1) is 0 Å². The first-order valence-electron chi connectivity index (χ1n) is 10.2. The maximum Gasteiger partial charge on any atom is 0.265 e. The van der Waals surface area contributed by atoms with E-state index in [9.17, 15) is 4.79 Å². The predicted molar refractivity (Wildman–Crippen MR) is 115 cm³/mol. The van der Waals surface area contributed by atoms with Crippen molar-refractivity contribution in [1.29, 1.82) is 0 Å². The first kappa shape index (κ1) is 20.2. The molecule has 5 nitrogen and oxygen atoms in total. The molecule has 0 unspecified atom stereocenters. The molecule has 0 aromatic heterocycles. The lowest BCUT2D eigenvalue weighted by atomic mass is 10.1. The van der Waals surface area contributed by atoms with Crippen LogP contribution in [0.5, 0.6) is 5.75 Å². The number of carbonyl (C=O) groups is 1. The van der Waals surface area contributed by atoms with E-state index in [2.05, 4.69) is 41.2 Å². The van der Waals surface area contributed by atoms with Gasteiger partial charge in [0.25, 0.3) is 5.91 Å².